The highest BCUT2D eigenvalue weighted by atomic mass is 35.5. The van der Waals surface area contributed by atoms with Gasteiger partial charge in [-0.3, -0.25) is 9.48 Å². The minimum atomic E-state index is -0.681. The maximum Gasteiger partial charge on any atom is 0.275 e. The lowest BCUT2D eigenvalue weighted by molar-refractivity contribution is 0.216. The molecule has 0 amide bonds. The highest BCUT2D eigenvalue weighted by molar-refractivity contribution is 6.32. The van der Waals surface area contributed by atoms with Crippen molar-refractivity contribution < 1.29 is 13.2 Å². The number of hydrogen-bond acceptors (Lipinski definition) is 1. The van der Waals surface area contributed by atoms with Gasteiger partial charge >= 0.3 is 0 Å². The fourth-order valence-corrected chi connectivity index (χ4v) is 5.99. The second-order valence-electron chi connectivity index (χ2n) is 9.41. The number of aromatic nitrogens is 2. The second-order valence-corrected chi connectivity index (χ2v) is 9.82. The third-order valence-corrected chi connectivity index (χ3v) is 8.05. The first-order valence-corrected chi connectivity index (χ1v) is 10.7. The van der Waals surface area contributed by atoms with E-state index >= 15 is 0 Å². The van der Waals surface area contributed by atoms with Gasteiger partial charge in [-0.1, -0.05) is 38.4 Å². The Labute approximate surface area is 183 Å². The van der Waals surface area contributed by atoms with Gasteiger partial charge in [0.05, 0.1) is 22.9 Å². The standard InChI is InChI=1S/C24H22ClF3N2O/c1-23(2)16-8-9-24(23,3)21-20(16)22(31)30(19-7-6-14(26)10-17(19)25)29(21)12-13-4-5-15(27)11-18(13)28/h4-7,10-11,16H,8-9,12H2,1-3H3. The van der Waals surface area contributed by atoms with E-state index in [0.717, 1.165) is 36.2 Å². The molecule has 3 nitrogen and oxygen atoms in total. The van der Waals surface area contributed by atoms with Gasteiger partial charge in [0.1, 0.15) is 17.5 Å². The van der Waals surface area contributed by atoms with Crippen molar-refractivity contribution in [2.24, 2.45) is 5.41 Å². The number of rotatable bonds is 3. The minimum absolute atomic E-state index is 0.0305. The van der Waals surface area contributed by atoms with E-state index in [4.69, 9.17) is 11.6 Å². The van der Waals surface area contributed by atoms with Crippen LogP contribution in [0, 0.1) is 22.9 Å². The molecule has 2 bridgehead atoms. The fourth-order valence-electron chi connectivity index (χ4n) is 5.74. The molecule has 1 aromatic heterocycles. The first-order chi connectivity index (χ1) is 14.6. The van der Waals surface area contributed by atoms with Crippen LogP contribution >= 0.6 is 11.6 Å². The molecule has 5 rings (SSSR count). The number of hydrogen-bond donors (Lipinski definition) is 0. The van der Waals surface area contributed by atoms with Gasteiger partial charge < -0.3 is 0 Å². The van der Waals surface area contributed by atoms with E-state index in [9.17, 15) is 18.0 Å². The fraction of sp³-hybridized carbons (Fsp3) is 0.375. The zero-order chi connectivity index (χ0) is 22.3. The molecule has 1 heterocycles. The van der Waals surface area contributed by atoms with Gasteiger partial charge in [0, 0.05) is 22.6 Å². The lowest BCUT2D eigenvalue weighted by atomic mass is 9.70. The van der Waals surface area contributed by atoms with Crippen molar-refractivity contribution >= 4 is 11.6 Å². The van der Waals surface area contributed by atoms with Crippen LogP contribution in [0.15, 0.2) is 41.2 Å². The van der Waals surface area contributed by atoms with Crippen LogP contribution < -0.4 is 5.56 Å². The molecule has 2 aromatic carbocycles. The van der Waals surface area contributed by atoms with Crippen LogP contribution in [-0.4, -0.2) is 9.36 Å². The predicted molar refractivity (Wildman–Crippen MR) is 114 cm³/mol. The van der Waals surface area contributed by atoms with Gasteiger partial charge in [0.2, 0.25) is 0 Å². The molecule has 3 aromatic rings. The molecule has 31 heavy (non-hydrogen) atoms. The van der Waals surface area contributed by atoms with E-state index in [-0.39, 0.29) is 39.4 Å². The molecule has 2 unspecified atom stereocenters. The average Bonchev–Trinajstić information content (AvgIpc) is 3.16. The maximum atomic E-state index is 14.6. The monoisotopic (exact) mass is 446 g/mol. The lowest BCUT2D eigenvalue weighted by Crippen LogP contribution is -2.36. The average molecular weight is 447 g/mol. The van der Waals surface area contributed by atoms with Gasteiger partial charge in [-0.15, -0.1) is 0 Å². The zero-order valence-electron chi connectivity index (χ0n) is 17.5. The smallest absolute Gasteiger partial charge is 0.275 e. The van der Waals surface area contributed by atoms with E-state index in [1.807, 2.05) is 0 Å². The molecule has 2 aliphatic carbocycles. The van der Waals surface area contributed by atoms with Crippen molar-refractivity contribution in [2.45, 2.75) is 51.5 Å². The maximum absolute atomic E-state index is 14.6. The lowest BCUT2D eigenvalue weighted by Gasteiger charge is -2.36. The normalized spacial score (nSPS) is 23.4. The second kappa shape index (κ2) is 6.52. The van der Waals surface area contributed by atoms with Gasteiger partial charge in [0.25, 0.3) is 5.56 Å². The van der Waals surface area contributed by atoms with E-state index in [1.54, 1.807) is 4.68 Å². The van der Waals surface area contributed by atoms with Gasteiger partial charge in [0.15, 0.2) is 0 Å². The number of fused-ring (bicyclic) bond motifs is 5. The van der Waals surface area contributed by atoms with Crippen LogP contribution in [0.1, 0.15) is 56.4 Å². The summed E-state index contributed by atoms with van der Waals surface area (Å²) in [6, 6.07) is 7.29. The molecule has 162 valence electrons. The van der Waals surface area contributed by atoms with Gasteiger partial charge in [-0.05, 0) is 48.4 Å². The van der Waals surface area contributed by atoms with Crippen molar-refractivity contribution in [1.29, 1.82) is 0 Å². The Morgan fingerprint density at radius 3 is 2.42 bits per heavy atom. The number of halogens is 4. The molecule has 0 N–H and O–H groups in total. The molecule has 1 fully saturated rings. The zero-order valence-corrected chi connectivity index (χ0v) is 18.2. The van der Waals surface area contributed by atoms with Crippen LogP contribution in [0.3, 0.4) is 0 Å². The Morgan fingerprint density at radius 1 is 1.06 bits per heavy atom. The molecular formula is C24H22ClF3N2O. The van der Waals surface area contributed by atoms with Crippen molar-refractivity contribution in [2.75, 3.05) is 0 Å². The summed E-state index contributed by atoms with van der Waals surface area (Å²) in [6.45, 7) is 6.51. The molecule has 2 atom stereocenters. The van der Waals surface area contributed by atoms with Gasteiger partial charge in [-0.2, -0.15) is 0 Å². The Hall–Kier alpha value is -2.47. The third kappa shape index (κ3) is 2.63. The number of nitrogens with zero attached hydrogens (tertiary/aromatic N) is 2. The molecule has 0 spiro atoms. The Bertz CT molecular complexity index is 1290. The first kappa shape index (κ1) is 20.4. The highest BCUT2D eigenvalue weighted by Gasteiger charge is 2.62. The van der Waals surface area contributed by atoms with Gasteiger partial charge in [-0.25, -0.2) is 17.9 Å². The molecule has 0 aliphatic heterocycles. The van der Waals surface area contributed by atoms with E-state index < -0.39 is 17.5 Å². The van der Waals surface area contributed by atoms with Crippen LogP contribution in [0.5, 0.6) is 0 Å². The largest absolute Gasteiger partial charge is 0.277 e. The molecule has 0 saturated heterocycles. The molecular weight excluding hydrogens is 425 g/mol. The Morgan fingerprint density at radius 2 is 1.74 bits per heavy atom. The van der Waals surface area contributed by atoms with E-state index in [1.165, 1.54) is 28.9 Å². The Balaban J connectivity index is 1.81. The predicted octanol–water partition coefficient (Wildman–Crippen LogP) is 5.93. The SMILES string of the molecule is CC12CCC(c3c1n(Cc1ccc(F)cc1F)n(-c1ccc(F)cc1Cl)c3=O)C2(C)C. The summed E-state index contributed by atoms with van der Waals surface area (Å²) in [5.41, 5.74) is 1.55. The van der Waals surface area contributed by atoms with Crippen molar-refractivity contribution in [1.82, 2.24) is 9.36 Å². The summed E-state index contributed by atoms with van der Waals surface area (Å²) in [5, 5.41) is 0.0934. The third-order valence-electron chi connectivity index (χ3n) is 7.75. The van der Waals surface area contributed by atoms with Crippen LogP contribution in [0.2, 0.25) is 5.02 Å². The summed E-state index contributed by atoms with van der Waals surface area (Å²) in [6.07, 6.45) is 1.81. The van der Waals surface area contributed by atoms with Crippen molar-refractivity contribution in [3.8, 4) is 5.69 Å². The number of benzene rings is 2. The molecule has 1 saturated carbocycles. The van der Waals surface area contributed by atoms with E-state index in [0.29, 0.717) is 5.69 Å². The van der Waals surface area contributed by atoms with Crippen LogP contribution in [0.4, 0.5) is 13.2 Å². The highest BCUT2D eigenvalue weighted by Crippen LogP contribution is 2.67. The van der Waals surface area contributed by atoms with Crippen LogP contribution in [0.25, 0.3) is 5.69 Å². The summed E-state index contributed by atoms with van der Waals surface area (Å²) in [4.78, 5) is 13.7. The molecule has 0 radical (unpaired) electrons. The quantitative estimate of drug-likeness (QED) is 0.489. The summed E-state index contributed by atoms with van der Waals surface area (Å²) in [7, 11) is 0. The molecule has 2 aliphatic rings. The Kier molecular flexibility index (Phi) is 4.30. The van der Waals surface area contributed by atoms with Crippen LogP contribution in [-0.2, 0) is 12.0 Å². The summed E-state index contributed by atoms with van der Waals surface area (Å²) >= 11 is 6.33. The molecule has 7 heteroatoms. The summed E-state index contributed by atoms with van der Waals surface area (Å²) < 4.78 is 44.9. The van der Waals surface area contributed by atoms with Crippen molar-refractivity contribution in [3.63, 3.8) is 0 Å². The summed E-state index contributed by atoms with van der Waals surface area (Å²) in [5.74, 6) is -1.78. The first-order valence-electron chi connectivity index (χ1n) is 10.3. The van der Waals surface area contributed by atoms with E-state index in [2.05, 4.69) is 20.8 Å². The topological polar surface area (TPSA) is 26.9 Å². The van der Waals surface area contributed by atoms with Crippen molar-refractivity contribution in [3.05, 3.63) is 86.0 Å². The minimum Gasteiger partial charge on any atom is -0.277 e.